The van der Waals surface area contributed by atoms with Gasteiger partial charge in [0, 0.05) is 43.5 Å². The molecule has 160 valence electrons. The van der Waals surface area contributed by atoms with E-state index in [1.54, 1.807) is 49.9 Å². The number of rotatable bonds is 5. The minimum absolute atomic E-state index is 0.0451. The summed E-state index contributed by atoms with van der Waals surface area (Å²) in [5.74, 6) is -0.0715. The van der Waals surface area contributed by atoms with Gasteiger partial charge in [0.1, 0.15) is 22.7 Å². The number of nitrogens with one attached hydrogen (secondary N) is 3. The van der Waals surface area contributed by atoms with Gasteiger partial charge < -0.3 is 20.2 Å². The van der Waals surface area contributed by atoms with Crippen molar-refractivity contribution in [2.24, 2.45) is 7.05 Å². The summed E-state index contributed by atoms with van der Waals surface area (Å²) in [6.45, 7) is 0.0451. The van der Waals surface area contributed by atoms with Gasteiger partial charge in [0.25, 0.3) is 5.91 Å². The van der Waals surface area contributed by atoms with Crippen LogP contribution < -0.4 is 10.6 Å². The van der Waals surface area contributed by atoms with E-state index < -0.39 is 5.82 Å². The first kappa shape index (κ1) is 19.7. The molecule has 0 atom stereocenters. The Hall–Kier alpha value is -4.27. The molecule has 0 aliphatic carbocycles. The first-order valence-electron chi connectivity index (χ1n) is 10.0. The second-order valence-corrected chi connectivity index (χ2v) is 7.41. The molecule has 4 heterocycles. The van der Waals surface area contributed by atoms with Gasteiger partial charge in [-0.15, -0.1) is 0 Å². The molecule has 0 spiro atoms. The van der Waals surface area contributed by atoms with E-state index in [0.717, 1.165) is 27.7 Å². The Morgan fingerprint density at radius 1 is 1.19 bits per heavy atom. The fourth-order valence-electron chi connectivity index (χ4n) is 3.77. The zero-order valence-corrected chi connectivity index (χ0v) is 17.5. The van der Waals surface area contributed by atoms with Gasteiger partial charge in [0.15, 0.2) is 5.82 Å². The molecule has 0 unspecified atom stereocenters. The van der Waals surface area contributed by atoms with E-state index >= 15 is 0 Å². The van der Waals surface area contributed by atoms with Crippen LogP contribution in [0.4, 0.5) is 10.2 Å². The van der Waals surface area contributed by atoms with E-state index in [9.17, 15) is 9.18 Å². The molecule has 4 aromatic heterocycles. The molecule has 0 bridgehead atoms. The second-order valence-electron chi connectivity index (χ2n) is 7.41. The molecule has 5 aromatic rings. The van der Waals surface area contributed by atoms with Crippen molar-refractivity contribution >= 4 is 33.8 Å². The maximum atomic E-state index is 14.5. The molecular formula is C23H20FN7O. The largest absolute Gasteiger partial charge is 0.371 e. The van der Waals surface area contributed by atoms with Gasteiger partial charge in [-0.2, -0.15) is 0 Å². The first-order valence-corrected chi connectivity index (χ1v) is 10.0. The van der Waals surface area contributed by atoms with Gasteiger partial charge in [-0.25, -0.2) is 14.4 Å². The average molecular weight is 429 g/mol. The monoisotopic (exact) mass is 429 g/mol. The number of carbonyl (C=O) groups is 1. The third kappa shape index (κ3) is 3.33. The number of H-pyrrole nitrogens is 1. The number of hydrogen-bond donors (Lipinski definition) is 3. The summed E-state index contributed by atoms with van der Waals surface area (Å²) in [5, 5.41) is 6.72. The molecule has 8 nitrogen and oxygen atoms in total. The molecular weight excluding hydrogens is 409 g/mol. The van der Waals surface area contributed by atoms with Gasteiger partial charge in [-0.05, 0) is 42.0 Å². The van der Waals surface area contributed by atoms with E-state index in [0.29, 0.717) is 17.0 Å². The Labute approximate surface area is 182 Å². The number of hydrogen-bond acceptors (Lipinski definition) is 5. The number of anilines is 1. The summed E-state index contributed by atoms with van der Waals surface area (Å²) < 4.78 is 16.4. The smallest absolute Gasteiger partial charge is 0.270 e. The lowest BCUT2D eigenvalue weighted by atomic mass is 10.1. The van der Waals surface area contributed by atoms with Crippen LogP contribution >= 0.6 is 0 Å². The number of imidazole rings is 1. The van der Waals surface area contributed by atoms with Gasteiger partial charge in [0.05, 0.1) is 11.8 Å². The molecule has 0 radical (unpaired) electrons. The minimum Gasteiger partial charge on any atom is -0.371 e. The van der Waals surface area contributed by atoms with Crippen LogP contribution in [0.3, 0.4) is 0 Å². The van der Waals surface area contributed by atoms with Crippen LogP contribution in [-0.4, -0.2) is 37.5 Å². The zero-order chi connectivity index (χ0) is 22.2. The molecule has 0 saturated heterocycles. The van der Waals surface area contributed by atoms with Gasteiger partial charge in [-0.3, -0.25) is 9.78 Å². The third-order valence-corrected chi connectivity index (χ3v) is 5.37. The summed E-state index contributed by atoms with van der Waals surface area (Å²) in [6.07, 6.45) is 3.29. The second kappa shape index (κ2) is 7.77. The lowest BCUT2D eigenvalue weighted by Gasteiger charge is -2.08. The van der Waals surface area contributed by atoms with Crippen LogP contribution in [0.25, 0.3) is 33.3 Å². The summed E-state index contributed by atoms with van der Waals surface area (Å²) in [6, 6.07) is 11.9. The van der Waals surface area contributed by atoms with Crippen molar-refractivity contribution < 1.29 is 9.18 Å². The number of halogens is 1. The fourth-order valence-corrected chi connectivity index (χ4v) is 3.77. The van der Waals surface area contributed by atoms with Crippen LogP contribution in [0.1, 0.15) is 16.1 Å². The average Bonchev–Trinajstić information content (AvgIpc) is 3.41. The number of aromatic nitrogens is 5. The summed E-state index contributed by atoms with van der Waals surface area (Å²) in [7, 11) is 3.73. The van der Waals surface area contributed by atoms with E-state index in [1.165, 1.54) is 6.07 Å². The number of pyridine rings is 2. The molecule has 1 aromatic carbocycles. The predicted octanol–water partition coefficient (Wildman–Crippen LogP) is 3.62. The molecule has 5 rings (SSSR count). The minimum atomic E-state index is -0.393. The number of aromatic amines is 1. The van der Waals surface area contributed by atoms with Crippen molar-refractivity contribution in [3.05, 3.63) is 72.1 Å². The zero-order valence-electron chi connectivity index (χ0n) is 17.5. The van der Waals surface area contributed by atoms with Crippen molar-refractivity contribution in [1.29, 1.82) is 0 Å². The van der Waals surface area contributed by atoms with Crippen molar-refractivity contribution in [1.82, 2.24) is 29.8 Å². The molecule has 3 N–H and O–H groups in total. The number of fused-ring (bicyclic) bond motifs is 3. The maximum Gasteiger partial charge on any atom is 0.270 e. The van der Waals surface area contributed by atoms with Gasteiger partial charge in [-0.1, -0.05) is 6.07 Å². The Balaban J connectivity index is 1.49. The Morgan fingerprint density at radius 2 is 2.06 bits per heavy atom. The lowest BCUT2D eigenvalue weighted by molar-refractivity contribution is 0.0945. The Morgan fingerprint density at radius 3 is 2.84 bits per heavy atom. The van der Waals surface area contributed by atoms with Gasteiger partial charge in [0.2, 0.25) is 0 Å². The van der Waals surface area contributed by atoms with Gasteiger partial charge >= 0.3 is 0 Å². The number of nitrogens with zero attached hydrogens (tertiary/aromatic N) is 4. The molecule has 0 aliphatic rings. The first-order chi connectivity index (χ1) is 15.5. The van der Waals surface area contributed by atoms with Crippen LogP contribution in [0.15, 0.2) is 55.0 Å². The van der Waals surface area contributed by atoms with E-state index in [1.807, 2.05) is 17.7 Å². The number of benzene rings is 1. The highest BCUT2D eigenvalue weighted by molar-refractivity contribution is 6.07. The molecule has 0 saturated carbocycles. The quantitative estimate of drug-likeness (QED) is 0.396. The predicted molar refractivity (Wildman–Crippen MR) is 121 cm³/mol. The van der Waals surface area contributed by atoms with E-state index in [4.69, 9.17) is 0 Å². The van der Waals surface area contributed by atoms with Crippen molar-refractivity contribution in [2.75, 3.05) is 12.4 Å². The molecule has 0 fully saturated rings. The van der Waals surface area contributed by atoms with Crippen LogP contribution in [-0.2, 0) is 13.6 Å². The highest BCUT2D eigenvalue weighted by Gasteiger charge is 2.16. The molecule has 32 heavy (non-hydrogen) atoms. The summed E-state index contributed by atoms with van der Waals surface area (Å²) in [4.78, 5) is 28.7. The van der Waals surface area contributed by atoms with Crippen LogP contribution in [0, 0.1) is 5.82 Å². The fraction of sp³-hybridized carbons (Fsp3) is 0.130. The maximum absolute atomic E-state index is 14.5. The molecule has 9 heteroatoms. The number of aryl methyl sites for hydroxylation is 1. The van der Waals surface area contributed by atoms with Crippen molar-refractivity contribution in [2.45, 2.75) is 6.54 Å². The highest BCUT2D eigenvalue weighted by atomic mass is 19.1. The standard InChI is InChI=1S/C23H20FN7O/c1-25-22-19-20(31(2)12-28-19)15-10-18(29-21(15)30-22)13-6-7-16(24)14(9-13)11-27-23(32)17-5-3-4-8-26-17/h3-10,12H,11H2,1-2H3,(H,27,32)(H2,25,29,30). The summed E-state index contributed by atoms with van der Waals surface area (Å²) >= 11 is 0. The Kier molecular flexibility index (Phi) is 4.78. The SMILES string of the molecule is CNc1nc2[nH]c(-c3ccc(F)c(CNC(=O)c4ccccn4)c3)cc2c2c1ncn2C. The van der Waals surface area contributed by atoms with Crippen LogP contribution in [0.2, 0.25) is 0 Å². The topological polar surface area (TPSA) is 101 Å². The Bertz CT molecular complexity index is 1460. The van der Waals surface area contributed by atoms with E-state index in [2.05, 4.69) is 30.6 Å². The van der Waals surface area contributed by atoms with Crippen molar-refractivity contribution in [3.8, 4) is 11.3 Å². The number of carbonyl (C=O) groups excluding carboxylic acids is 1. The van der Waals surface area contributed by atoms with Crippen LogP contribution in [0.5, 0.6) is 0 Å². The highest BCUT2D eigenvalue weighted by Crippen LogP contribution is 2.32. The van der Waals surface area contributed by atoms with Crippen molar-refractivity contribution in [3.63, 3.8) is 0 Å². The lowest BCUT2D eigenvalue weighted by Crippen LogP contribution is -2.24. The summed E-state index contributed by atoms with van der Waals surface area (Å²) in [5.41, 5.74) is 4.67. The normalized spacial score (nSPS) is 11.2. The molecule has 1 amide bonds. The third-order valence-electron chi connectivity index (χ3n) is 5.37. The molecule has 0 aliphatic heterocycles. The number of amides is 1. The van der Waals surface area contributed by atoms with E-state index in [-0.39, 0.29) is 18.1 Å².